The Kier molecular flexibility index (Phi) is 5.45. The molecule has 0 saturated carbocycles. The standard InChI is InChI=1S/C19H24N6O2/c26-9-8-21-19-24-16(13-6-10-27-12-13)11-18(25-19)20-7-5-17-22-14-3-1-2-4-15(14)23-17/h1-4,11,13,26H,5-10,12H2,(H,22,23)(H2,20,21,24,25). The number of aliphatic hydroxyl groups excluding tert-OH is 1. The van der Waals surface area contributed by atoms with Crippen LogP contribution < -0.4 is 10.6 Å². The van der Waals surface area contributed by atoms with Crippen LogP contribution in [0.1, 0.15) is 23.9 Å². The quantitative estimate of drug-likeness (QED) is 0.481. The fourth-order valence-corrected chi connectivity index (χ4v) is 3.21. The van der Waals surface area contributed by atoms with E-state index >= 15 is 0 Å². The molecule has 1 aliphatic rings. The van der Waals surface area contributed by atoms with E-state index < -0.39 is 0 Å². The molecular weight excluding hydrogens is 344 g/mol. The van der Waals surface area contributed by atoms with Crippen LogP contribution in [0.4, 0.5) is 11.8 Å². The van der Waals surface area contributed by atoms with Gasteiger partial charge >= 0.3 is 0 Å². The molecule has 142 valence electrons. The molecule has 1 aromatic carbocycles. The van der Waals surface area contributed by atoms with Gasteiger partial charge in [-0.1, -0.05) is 12.1 Å². The summed E-state index contributed by atoms with van der Waals surface area (Å²) in [4.78, 5) is 17.0. The van der Waals surface area contributed by atoms with E-state index in [9.17, 15) is 0 Å². The number of rotatable bonds is 8. The number of ether oxygens (including phenoxy) is 1. The Hall–Kier alpha value is -2.71. The third kappa shape index (κ3) is 4.35. The Morgan fingerprint density at radius 2 is 2.07 bits per heavy atom. The van der Waals surface area contributed by atoms with E-state index in [0.29, 0.717) is 31.6 Å². The number of aliphatic hydroxyl groups is 1. The number of aromatic amines is 1. The average molecular weight is 368 g/mol. The number of anilines is 2. The first-order valence-electron chi connectivity index (χ1n) is 9.31. The molecule has 4 N–H and O–H groups in total. The van der Waals surface area contributed by atoms with Gasteiger partial charge in [-0.15, -0.1) is 0 Å². The predicted molar refractivity (Wildman–Crippen MR) is 104 cm³/mol. The van der Waals surface area contributed by atoms with Crippen LogP contribution in [0.2, 0.25) is 0 Å². The van der Waals surface area contributed by atoms with Gasteiger partial charge in [0.05, 0.1) is 29.9 Å². The highest BCUT2D eigenvalue weighted by atomic mass is 16.5. The Bertz CT molecular complexity index is 858. The maximum atomic E-state index is 9.04. The molecule has 0 amide bonds. The van der Waals surface area contributed by atoms with Gasteiger partial charge in [0.1, 0.15) is 11.6 Å². The van der Waals surface area contributed by atoms with E-state index in [0.717, 1.165) is 47.8 Å². The highest BCUT2D eigenvalue weighted by Crippen LogP contribution is 2.26. The van der Waals surface area contributed by atoms with Crippen LogP contribution in [0.5, 0.6) is 0 Å². The van der Waals surface area contributed by atoms with Gasteiger partial charge < -0.3 is 25.5 Å². The van der Waals surface area contributed by atoms with Gasteiger partial charge in [-0.3, -0.25) is 0 Å². The molecule has 8 nitrogen and oxygen atoms in total. The van der Waals surface area contributed by atoms with E-state index in [1.807, 2.05) is 30.3 Å². The molecule has 4 rings (SSSR count). The van der Waals surface area contributed by atoms with Crippen molar-refractivity contribution in [2.45, 2.75) is 18.8 Å². The van der Waals surface area contributed by atoms with Crippen LogP contribution >= 0.6 is 0 Å². The molecule has 1 unspecified atom stereocenters. The molecule has 1 saturated heterocycles. The summed E-state index contributed by atoms with van der Waals surface area (Å²) in [6.45, 7) is 2.62. The van der Waals surface area contributed by atoms with Crippen molar-refractivity contribution in [2.24, 2.45) is 0 Å². The maximum Gasteiger partial charge on any atom is 0.224 e. The second kappa shape index (κ2) is 8.32. The van der Waals surface area contributed by atoms with Crippen molar-refractivity contribution in [3.63, 3.8) is 0 Å². The lowest BCUT2D eigenvalue weighted by Crippen LogP contribution is -2.14. The van der Waals surface area contributed by atoms with Crippen LogP contribution in [0, 0.1) is 0 Å². The molecule has 1 fully saturated rings. The molecule has 0 aliphatic carbocycles. The van der Waals surface area contributed by atoms with Gasteiger partial charge in [0.25, 0.3) is 0 Å². The van der Waals surface area contributed by atoms with Gasteiger partial charge in [-0.25, -0.2) is 9.97 Å². The van der Waals surface area contributed by atoms with Crippen LogP contribution in [0.3, 0.4) is 0 Å². The summed E-state index contributed by atoms with van der Waals surface area (Å²) >= 11 is 0. The van der Waals surface area contributed by atoms with Crippen molar-refractivity contribution in [2.75, 3.05) is 43.5 Å². The minimum absolute atomic E-state index is 0.0366. The molecule has 1 atom stereocenters. The summed E-state index contributed by atoms with van der Waals surface area (Å²) < 4.78 is 5.49. The van der Waals surface area contributed by atoms with Crippen LogP contribution in [0.15, 0.2) is 30.3 Å². The number of nitrogens with one attached hydrogen (secondary N) is 3. The summed E-state index contributed by atoms with van der Waals surface area (Å²) in [6, 6.07) is 10.0. The molecule has 0 radical (unpaired) electrons. The zero-order valence-electron chi connectivity index (χ0n) is 15.1. The van der Waals surface area contributed by atoms with Crippen LogP contribution in [-0.2, 0) is 11.2 Å². The lowest BCUT2D eigenvalue weighted by Gasteiger charge is -2.13. The van der Waals surface area contributed by atoms with Gasteiger partial charge in [0.15, 0.2) is 0 Å². The second-order valence-electron chi connectivity index (χ2n) is 6.59. The molecule has 2 aromatic heterocycles. The van der Waals surface area contributed by atoms with Gasteiger partial charge in [0, 0.05) is 38.1 Å². The molecule has 3 heterocycles. The topological polar surface area (TPSA) is 108 Å². The number of nitrogens with zero attached hydrogens (tertiary/aromatic N) is 3. The maximum absolute atomic E-state index is 9.04. The van der Waals surface area contributed by atoms with E-state index in [1.165, 1.54) is 0 Å². The number of fused-ring (bicyclic) bond motifs is 1. The van der Waals surface area contributed by atoms with E-state index in [1.54, 1.807) is 0 Å². The Morgan fingerprint density at radius 1 is 1.15 bits per heavy atom. The van der Waals surface area contributed by atoms with Crippen molar-refractivity contribution < 1.29 is 9.84 Å². The predicted octanol–water partition coefficient (Wildman–Crippen LogP) is 1.92. The summed E-state index contributed by atoms with van der Waals surface area (Å²) in [7, 11) is 0. The molecule has 0 spiro atoms. The third-order valence-electron chi connectivity index (χ3n) is 4.60. The van der Waals surface area contributed by atoms with Crippen molar-refractivity contribution in [1.82, 2.24) is 19.9 Å². The number of H-pyrrole nitrogens is 1. The molecule has 27 heavy (non-hydrogen) atoms. The first kappa shape index (κ1) is 17.7. The molecule has 1 aliphatic heterocycles. The van der Waals surface area contributed by atoms with Gasteiger partial charge in [-0.2, -0.15) is 4.98 Å². The summed E-state index contributed by atoms with van der Waals surface area (Å²) in [6.07, 6.45) is 1.73. The number of hydrogen-bond donors (Lipinski definition) is 4. The highest BCUT2D eigenvalue weighted by molar-refractivity contribution is 5.74. The van der Waals surface area contributed by atoms with Crippen molar-refractivity contribution in [1.29, 1.82) is 0 Å². The summed E-state index contributed by atoms with van der Waals surface area (Å²) in [5.74, 6) is 2.53. The summed E-state index contributed by atoms with van der Waals surface area (Å²) in [5.41, 5.74) is 3.00. The molecule has 8 heteroatoms. The lowest BCUT2D eigenvalue weighted by molar-refractivity contribution is 0.193. The molecule has 0 bridgehead atoms. The average Bonchev–Trinajstić information content (AvgIpc) is 3.35. The van der Waals surface area contributed by atoms with E-state index in [4.69, 9.17) is 9.84 Å². The first-order valence-corrected chi connectivity index (χ1v) is 9.31. The van der Waals surface area contributed by atoms with E-state index in [-0.39, 0.29) is 6.61 Å². The Morgan fingerprint density at radius 3 is 2.89 bits per heavy atom. The number of para-hydroxylation sites is 2. The van der Waals surface area contributed by atoms with Crippen LogP contribution in [-0.4, -0.2) is 58.0 Å². The Labute approximate surface area is 157 Å². The number of hydrogen-bond acceptors (Lipinski definition) is 7. The largest absolute Gasteiger partial charge is 0.395 e. The fraction of sp³-hybridized carbons (Fsp3) is 0.421. The zero-order valence-corrected chi connectivity index (χ0v) is 15.1. The third-order valence-corrected chi connectivity index (χ3v) is 4.60. The number of benzene rings is 1. The Balaban J connectivity index is 1.43. The minimum atomic E-state index is 0.0366. The highest BCUT2D eigenvalue weighted by Gasteiger charge is 2.20. The van der Waals surface area contributed by atoms with E-state index in [2.05, 4.69) is 30.6 Å². The second-order valence-corrected chi connectivity index (χ2v) is 6.59. The zero-order chi connectivity index (χ0) is 18.5. The summed E-state index contributed by atoms with van der Waals surface area (Å²) in [5, 5.41) is 15.5. The fourth-order valence-electron chi connectivity index (χ4n) is 3.21. The molecular formula is C19H24N6O2. The van der Waals surface area contributed by atoms with Gasteiger partial charge in [-0.05, 0) is 18.6 Å². The van der Waals surface area contributed by atoms with Crippen molar-refractivity contribution in [3.8, 4) is 0 Å². The molecule has 3 aromatic rings. The van der Waals surface area contributed by atoms with Crippen LogP contribution in [0.25, 0.3) is 11.0 Å². The monoisotopic (exact) mass is 368 g/mol. The SMILES string of the molecule is OCCNc1nc(NCCc2nc3ccccc3[nH]2)cc(C2CCOC2)n1. The number of imidazole rings is 1. The minimum Gasteiger partial charge on any atom is -0.395 e. The van der Waals surface area contributed by atoms with Crippen molar-refractivity contribution in [3.05, 3.63) is 41.9 Å². The lowest BCUT2D eigenvalue weighted by atomic mass is 10.0. The normalized spacial score (nSPS) is 16.7. The number of aromatic nitrogens is 4. The van der Waals surface area contributed by atoms with Crippen molar-refractivity contribution >= 4 is 22.8 Å². The smallest absolute Gasteiger partial charge is 0.224 e. The first-order chi connectivity index (χ1) is 13.3. The van der Waals surface area contributed by atoms with Gasteiger partial charge in [0.2, 0.25) is 5.95 Å².